The van der Waals surface area contributed by atoms with Gasteiger partial charge in [0.25, 0.3) is 0 Å². The molecule has 0 amide bonds. The van der Waals surface area contributed by atoms with Crippen molar-refractivity contribution in [2.24, 2.45) is 0 Å². The van der Waals surface area contributed by atoms with E-state index < -0.39 is 0 Å². The number of nitrogens with zero attached hydrogens (tertiary/aromatic N) is 1. The monoisotopic (exact) mass is 227 g/mol. The highest BCUT2D eigenvalue weighted by Gasteiger charge is 1.99. The summed E-state index contributed by atoms with van der Waals surface area (Å²) < 4.78 is 5.33. The highest BCUT2D eigenvalue weighted by Crippen LogP contribution is 2.13. The second kappa shape index (κ2) is 6.70. The van der Waals surface area contributed by atoms with E-state index in [9.17, 15) is 0 Å². The Balaban J connectivity index is 2.36. The lowest BCUT2D eigenvalue weighted by Crippen LogP contribution is -2.22. The molecule has 0 N–H and O–H groups in total. The second-order valence-electron chi connectivity index (χ2n) is 3.56. The molecule has 2 nitrogen and oxygen atoms in total. The average Bonchev–Trinajstić information content (AvgIpc) is 2.24. The zero-order valence-corrected chi connectivity index (χ0v) is 10.1. The van der Waals surface area contributed by atoms with Crippen LogP contribution in [0.1, 0.15) is 5.56 Å². The van der Waals surface area contributed by atoms with Crippen molar-refractivity contribution in [3.8, 4) is 0 Å². The van der Waals surface area contributed by atoms with Gasteiger partial charge in [-0.05, 0) is 24.6 Å². The van der Waals surface area contributed by atoms with Crippen molar-refractivity contribution in [3.05, 3.63) is 29.8 Å². The zero-order valence-electron chi connectivity index (χ0n) is 9.37. The Kier molecular flexibility index (Phi) is 5.51. The Morgan fingerprint density at radius 3 is 2.80 bits per heavy atom. The van der Waals surface area contributed by atoms with E-state index in [2.05, 4.69) is 43.1 Å². The van der Waals surface area contributed by atoms with Crippen LogP contribution in [0.4, 0.5) is 5.69 Å². The molecular formula is C12H18ClNO. The molecule has 0 atom stereocenters. The number of alkyl halides is 1. The number of hydrogen-bond acceptors (Lipinski definition) is 2. The number of likely N-dealkylation sites (N-methyl/N-ethyl adjacent to an activating group) is 1. The van der Waals surface area contributed by atoms with Crippen molar-refractivity contribution in [1.29, 1.82) is 0 Å². The first-order valence-corrected chi connectivity index (χ1v) is 5.69. The number of ether oxygens (including phenoxy) is 1. The fourth-order valence-corrected chi connectivity index (χ4v) is 1.46. The number of aryl methyl sites for hydroxylation is 1. The Bertz CT molecular complexity index is 291. The van der Waals surface area contributed by atoms with E-state index in [0.29, 0.717) is 12.5 Å². The minimum absolute atomic E-state index is 0.564. The van der Waals surface area contributed by atoms with Gasteiger partial charge < -0.3 is 9.64 Å². The molecular weight excluding hydrogens is 210 g/mol. The minimum atomic E-state index is 0.564. The topological polar surface area (TPSA) is 12.5 Å². The molecule has 84 valence electrons. The third-order valence-corrected chi connectivity index (χ3v) is 2.39. The predicted octanol–water partition coefficient (Wildman–Crippen LogP) is 2.69. The first-order valence-electron chi connectivity index (χ1n) is 5.15. The SMILES string of the molecule is Cc1cccc(N(C)CCOCCCl)c1. The normalized spacial score (nSPS) is 10.3. The van der Waals surface area contributed by atoms with E-state index in [-0.39, 0.29) is 0 Å². The summed E-state index contributed by atoms with van der Waals surface area (Å²) in [5.41, 5.74) is 2.51. The molecule has 0 spiro atoms. The molecule has 1 rings (SSSR count). The Morgan fingerprint density at radius 1 is 1.33 bits per heavy atom. The standard InChI is InChI=1S/C12H18ClNO/c1-11-4-3-5-12(10-11)14(2)7-9-15-8-6-13/h3-5,10H,6-9H2,1-2H3. The maximum Gasteiger partial charge on any atom is 0.0642 e. The summed E-state index contributed by atoms with van der Waals surface area (Å²) in [6, 6.07) is 8.44. The molecule has 0 aromatic heterocycles. The summed E-state index contributed by atoms with van der Waals surface area (Å²) >= 11 is 5.52. The predicted molar refractivity (Wildman–Crippen MR) is 66.0 cm³/mol. The lowest BCUT2D eigenvalue weighted by atomic mass is 10.2. The van der Waals surface area contributed by atoms with Crippen LogP contribution in [0.25, 0.3) is 0 Å². The third-order valence-electron chi connectivity index (χ3n) is 2.23. The van der Waals surface area contributed by atoms with Crippen LogP contribution in [0.3, 0.4) is 0 Å². The van der Waals surface area contributed by atoms with Gasteiger partial charge in [-0.15, -0.1) is 11.6 Å². The van der Waals surface area contributed by atoms with Gasteiger partial charge in [-0.25, -0.2) is 0 Å². The molecule has 0 aliphatic rings. The van der Waals surface area contributed by atoms with Gasteiger partial charge in [0.2, 0.25) is 0 Å². The molecule has 0 heterocycles. The van der Waals surface area contributed by atoms with Gasteiger partial charge in [0.05, 0.1) is 13.2 Å². The van der Waals surface area contributed by atoms with E-state index in [0.717, 1.165) is 13.2 Å². The summed E-state index contributed by atoms with van der Waals surface area (Å²) in [4.78, 5) is 2.18. The van der Waals surface area contributed by atoms with Gasteiger partial charge in [0, 0.05) is 25.2 Å². The highest BCUT2D eigenvalue weighted by atomic mass is 35.5. The second-order valence-corrected chi connectivity index (χ2v) is 3.94. The molecule has 0 saturated carbocycles. The van der Waals surface area contributed by atoms with E-state index in [1.807, 2.05) is 0 Å². The Labute approximate surface area is 96.8 Å². The van der Waals surface area contributed by atoms with Gasteiger partial charge in [0.15, 0.2) is 0 Å². The van der Waals surface area contributed by atoms with Crippen LogP contribution in [-0.2, 0) is 4.74 Å². The maximum atomic E-state index is 5.52. The smallest absolute Gasteiger partial charge is 0.0642 e. The quantitative estimate of drug-likeness (QED) is 0.547. The van der Waals surface area contributed by atoms with Crippen molar-refractivity contribution < 1.29 is 4.74 Å². The van der Waals surface area contributed by atoms with Gasteiger partial charge >= 0.3 is 0 Å². The Morgan fingerprint density at radius 2 is 2.13 bits per heavy atom. The van der Waals surface area contributed by atoms with Gasteiger partial charge in [-0.3, -0.25) is 0 Å². The molecule has 0 radical (unpaired) electrons. The molecule has 0 saturated heterocycles. The lowest BCUT2D eigenvalue weighted by molar-refractivity contribution is 0.156. The summed E-state index contributed by atoms with van der Waals surface area (Å²) in [5.74, 6) is 0.564. The molecule has 1 aromatic rings. The molecule has 0 aliphatic carbocycles. The van der Waals surface area contributed by atoms with E-state index in [1.54, 1.807) is 0 Å². The number of benzene rings is 1. The van der Waals surface area contributed by atoms with Gasteiger partial charge in [0.1, 0.15) is 0 Å². The summed E-state index contributed by atoms with van der Waals surface area (Å²) in [7, 11) is 2.07. The average molecular weight is 228 g/mol. The molecule has 0 fully saturated rings. The zero-order chi connectivity index (χ0) is 11.1. The fourth-order valence-electron chi connectivity index (χ4n) is 1.35. The minimum Gasteiger partial charge on any atom is -0.378 e. The van der Waals surface area contributed by atoms with Crippen molar-refractivity contribution in [3.63, 3.8) is 0 Å². The number of hydrogen-bond donors (Lipinski definition) is 0. The summed E-state index contributed by atoms with van der Waals surface area (Å²) in [5, 5.41) is 0. The summed E-state index contributed by atoms with van der Waals surface area (Å²) in [6.07, 6.45) is 0. The third kappa shape index (κ3) is 4.54. The molecule has 3 heteroatoms. The van der Waals surface area contributed by atoms with Crippen LogP contribution in [0.5, 0.6) is 0 Å². The van der Waals surface area contributed by atoms with Crippen LogP contribution >= 0.6 is 11.6 Å². The first kappa shape index (κ1) is 12.3. The van der Waals surface area contributed by atoms with Crippen LogP contribution < -0.4 is 4.90 Å². The van der Waals surface area contributed by atoms with Crippen molar-refractivity contribution in [2.45, 2.75) is 6.92 Å². The molecule has 0 aliphatic heterocycles. The van der Waals surface area contributed by atoms with E-state index >= 15 is 0 Å². The number of anilines is 1. The van der Waals surface area contributed by atoms with Gasteiger partial charge in [-0.1, -0.05) is 12.1 Å². The van der Waals surface area contributed by atoms with Crippen molar-refractivity contribution >= 4 is 17.3 Å². The van der Waals surface area contributed by atoms with Crippen LogP contribution in [0.15, 0.2) is 24.3 Å². The van der Waals surface area contributed by atoms with E-state index in [1.165, 1.54) is 11.3 Å². The van der Waals surface area contributed by atoms with Crippen molar-refractivity contribution in [2.75, 3.05) is 37.6 Å². The van der Waals surface area contributed by atoms with Crippen LogP contribution in [0, 0.1) is 6.92 Å². The lowest BCUT2D eigenvalue weighted by Gasteiger charge is -2.19. The molecule has 0 unspecified atom stereocenters. The van der Waals surface area contributed by atoms with Crippen molar-refractivity contribution in [1.82, 2.24) is 0 Å². The fraction of sp³-hybridized carbons (Fsp3) is 0.500. The largest absolute Gasteiger partial charge is 0.378 e. The highest BCUT2D eigenvalue weighted by molar-refractivity contribution is 6.17. The Hall–Kier alpha value is -0.730. The molecule has 1 aromatic carbocycles. The first-order chi connectivity index (χ1) is 7.24. The number of halogens is 1. The maximum absolute atomic E-state index is 5.52. The van der Waals surface area contributed by atoms with Crippen LogP contribution in [0.2, 0.25) is 0 Å². The van der Waals surface area contributed by atoms with Gasteiger partial charge in [-0.2, -0.15) is 0 Å². The molecule has 0 bridgehead atoms. The summed E-state index contributed by atoms with van der Waals surface area (Å²) in [6.45, 7) is 4.34. The number of rotatable bonds is 6. The molecule has 15 heavy (non-hydrogen) atoms. The van der Waals surface area contributed by atoms with Crippen LogP contribution in [-0.4, -0.2) is 32.7 Å². The van der Waals surface area contributed by atoms with E-state index in [4.69, 9.17) is 16.3 Å².